The van der Waals surface area contributed by atoms with E-state index in [0.29, 0.717) is 0 Å². The third kappa shape index (κ3) is 7.04. The number of ether oxygens (including phenoxy) is 2. The van der Waals surface area contributed by atoms with Crippen molar-refractivity contribution in [2.75, 3.05) is 33.1 Å². The number of benzene rings is 1. The highest BCUT2D eigenvalue weighted by Crippen LogP contribution is 2.21. The summed E-state index contributed by atoms with van der Waals surface area (Å²) in [5.74, 6) is -0.240. The van der Waals surface area contributed by atoms with Gasteiger partial charge in [-0.15, -0.1) is 11.8 Å². The first kappa shape index (κ1) is 19.1. The van der Waals surface area contributed by atoms with Crippen molar-refractivity contribution in [1.82, 2.24) is 10.2 Å². The van der Waals surface area contributed by atoms with Crippen LogP contribution in [0.1, 0.15) is 12.8 Å². The maximum absolute atomic E-state index is 11.9. The van der Waals surface area contributed by atoms with Crippen LogP contribution in [-0.2, 0) is 19.1 Å². The Labute approximate surface area is 151 Å². The van der Waals surface area contributed by atoms with Crippen LogP contribution < -0.4 is 10.1 Å². The molecule has 25 heavy (non-hydrogen) atoms. The van der Waals surface area contributed by atoms with Crippen LogP contribution in [0.5, 0.6) is 5.75 Å². The minimum Gasteiger partial charge on any atom is -0.497 e. The molecule has 8 heteroatoms. The van der Waals surface area contributed by atoms with Gasteiger partial charge in [0.1, 0.15) is 5.75 Å². The maximum Gasteiger partial charge on any atom is 0.316 e. The number of hydrogen-bond acceptors (Lipinski definition) is 6. The van der Waals surface area contributed by atoms with Gasteiger partial charge in [-0.05, 0) is 37.1 Å². The van der Waals surface area contributed by atoms with Crippen molar-refractivity contribution in [2.24, 2.45) is 0 Å². The molecule has 0 aliphatic heterocycles. The molecule has 0 unspecified atom stereocenters. The number of rotatable bonds is 9. The molecular weight excluding hydrogens is 344 g/mol. The first-order valence-electron chi connectivity index (χ1n) is 7.93. The quantitative estimate of drug-likeness (QED) is 0.520. The molecule has 0 spiro atoms. The lowest BCUT2D eigenvalue weighted by Crippen LogP contribution is -2.40. The van der Waals surface area contributed by atoms with E-state index < -0.39 is 11.9 Å². The number of amides is 2. The summed E-state index contributed by atoms with van der Waals surface area (Å²) in [6.45, 7) is -0.400. The third-order valence-corrected chi connectivity index (χ3v) is 4.51. The molecule has 0 radical (unpaired) electrons. The fourth-order valence-corrected chi connectivity index (χ4v) is 2.61. The number of carbonyl (C=O) groups is 3. The van der Waals surface area contributed by atoms with E-state index in [4.69, 9.17) is 9.47 Å². The summed E-state index contributed by atoms with van der Waals surface area (Å²) >= 11 is 1.31. The number of thioether (sulfide) groups is 1. The molecule has 2 rings (SSSR count). The fourth-order valence-electron chi connectivity index (χ4n) is 1.91. The van der Waals surface area contributed by atoms with E-state index in [1.54, 1.807) is 19.2 Å². The summed E-state index contributed by atoms with van der Waals surface area (Å²) in [6.07, 6.45) is 1.99. The molecule has 2 amide bonds. The van der Waals surface area contributed by atoms with Gasteiger partial charge in [-0.1, -0.05) is 0 Å². The molecule has 0 atom stereocenters. The van der Waals surface area contributed by atoms with Crippen molar-refractivity contribution in [1.29, 1.82) is 0 Å². The molecule has 0 bridgehead atoms. The largest absolute Gasteiger partial charge is 0.497 e. The topological polar surface area (TPSA) is 84.9 Å². The maximum atomic E-state index is 11.9. The lowest BCUT2D eigenvalue weighted by molar-refractivity contribution is -0.149. The SMILES string of the molecule is COc1ccc(SCC(=O)OCC(=O)N(C)CC(=O)NC2CC2)cc1. The van der Waals surface area contributed by atoms with Gasteiger partial charge in [0.15, 0.2) is 6.61 Å². The van der Waals surface area contributed by atoms with Crippen molar-refractivity contribution in [3.05, 3.63) is 24.3 Å². The smallest absolute Gasteiger partial charge is 0.316 e. The Bertz CT molecular complexity index is 616. The molecule has 0 saturated heterocycles. The number of nitrogens with zero attached hydrogens (tertiary/aromatic N) is 1. The zero-order valence-corrected chi connectivity index (χ0v) is 15.1. The second-order valence-corrected chi connectivity index (χ2v) is 6.77. The molecular formula is C17H22N2O5S. The highest BCUT2D eigenvalue weighted by Gasteiger charge is 2.24. The molecule has 136 valence electrons. The third-order valence-electron chi connectivity index (χ3n) is 3.52. The first-order valence-corrected chi connectivity index (χ1v) is 8.92. The molecule has 0 heterocycles. The van der Waals surface area contributed by atoms with Crippen LogP contribution in [0.15, 0.2) is 29.2 Å². The average molecular weight is 366 g/mol. The zero-order chi connectivity index (χ0) is 18.2. The average Bonchev–Trinajstić information content (AvgIpc) is 3.41. The zero-order valence-electron chi connectivity index (χ0n) is 14.3. The first-order chi connectivity index (χ1) is 12.0. The lowest BCUT2D eigenvalue weighted by atomic mass is 10.3. The van der Waals surface area contributed by atoms with Crippen molar-refractivity contribution in [2.45, 2.75) is 23.8 Å². The van der Waals surface area contributed by atoms with Crippen molar-refractivity contribution >= 4 is 29.5 Å². The minimum absolute atomic E-state index is 0.0342. The van der Waals surface area contributed by atoms with E-state index in [2.05, 4.69) is 5.32 Å². The summed E-state index contributed by atoms with van der Waals surface area (Å²) in [5.41, 5.74) is 0. The Morgan fingerprint density at radius 2 is 1.92 bits per heavy atom. The van der Waals surface area contributed by atoms with Crippen LogP contribution >= 0.6 is 11.8 Å². The van der Waals surface area contributed by atoms with Crippen LogP contribution in [0.25, 0.3) is 0 Å². The Morgan fingerprint density at radius 1 is 1.24 bits per heavy atom. The van der Waals surface area contributed by atoms with E-state index in [1.165, 1.54) is 23.7 Å². The molecule has 1 aromatic carbocycles. The Kier molecular flexibility index (Phi) is 7.12. The summed E-state index contributed by atoms with van der Waals surface area (Å²) in [5, 5.41) is 2.80. The molecule has 1 aromatic rings. The number of hydrogen-bond donors (Lipinski definition) is 1. The monoisotopic (exact) mass is 366 g/mol. The van der Waals surface area contributed by atoms with E-state index in [-0.39, 0.29) is 30.9 Å². The Hall–Kier alpha value is -2.22. The molecule has 1 N–H and O–H groups in total. The Morgan fingerprint density at radius 3 is 2.52 bits per heavy atom. The van der Waals surface area contributed by atoms with Crippen molar-refractivity contribution in [3.63, 3.8) is 0 Å². The van der Waals surface area contributed by atoms with Gasteiger partial charge in [0, 0.05) is 18.0 Å². The number of carbonyl (C=O) groups excluding carboxylic acids is 3. The summed E-state index contributed by atoms with van der Waals surface area (Å²) < 4.78 is 10.0. The van der Waals surface area contributed by atoms with Gasteiger partial charge < -0.3 is 19.7 Å². The van der Waals surface area contributed by atoms with Gasteiger partial charge in [-0.25, -0.2) is 0 Å². The van der Waals surface area contributed by atoms with Crippen LogP contribution in [0, 0.1) is 0 Å². The second-order valence-electron chi connectivity index (χ2n) is 5.72. The van der Waals surface area contributed by atoms with Crippen molar-refractivity contribution in [3.8, 4) is 5.75 Å². The molecule has 1 saturated carbocycles. The standard InChI is InChI=1S/C17H22N2O5S/c1-19(9-15(20)18-12-3-4-12)16(21)10-24-17(22)11-25-14-7-5-13(23-2)6-8-14/h5-8,12H,3-4,9-11H2,1-2H3,(H,18,20). The predicted octanol–water partition coefficient (Wildman–Crippen LogP) is 1.07. The summed E-state index contributed by atoms with van der Waals surface area (Å²) in [6, 6.07) is 7.55. The fraction of sp³-hybridized carbons (Fsp3) is 0.471. The van der Waals surface area contributed by atoms with Crippen LogP contribution in [0.4, 0.5) is 0 Å². The van der Waals surface area contributed by atoms with Gasteiger partial charge in [-0.3, -0.25) is 14.4 Å². The highest BCUT2D eigenvalue weighted by molar-refractivity contribution is 8.00. The molecule has 1 aliphatic carbocycles. The number of nitrogens with one attached hydrogen (secondary N) is 1. The Balaban J connectivity index is 1.63. The summed E-state index contributed by atoms with van der Waals surface area (Å²) in [4.78, 5) is 37.4. The summed E-state index contributed by atoms with van der Waals surface area (Å²) in [7, 11) is 3.10. The van der Waals surface area contributed by atoms with E-state index in [1.807, 2.05) is 12.1 Å². The van der Waals surface area contributed by atoms with Gasteiger partial charge >= 0.3 is 5.97 Å². The van der Waals surface area contributed by atoms with Crippen LogP contribution in [0.3, 0.4) is 0 Å². The number of likely N-dealkylation sites (N-methyl/N-ethyl adjacent to an activating group) is 1. The molecule has 0 aromatic heterocycles. The molecule has 1 aliphatic rings. The van der Waals surface area contributed by atoms with Crippen molar-refractivity contribution < 1.29 is 23.9 Å². The lowest BCUT2D eigenvalue weighted by Gasteiger charge is -2.16. The minimum atomic E-state index is -0.481. The normalized spacial score (nSPS) is 13.0. The highest BCUT2D eigenvalue weighted by atomic mass is 32.2. The molecule has 7 nitrogen and oxygen atoms in total. The number of methoxy groups -OCH3 is 1. The van der Waals surface area contributed by atoms with Gasteiger partial charge in [0.25, 0.3) is 5.91 Å². The van der Waals surface area contributed by atoms with Gasteiger partial charge in [0.2, 0.25) is 5.91 Å². The predicted molar refractivity (Wildman–Crippen MR) is 93.5 cm³/mol. The number of esters is 1. The van der Waals surface area contributed by atoms with Crippen LogP contribution in [-0.4, -0.2) is 61.8 Å². The van der Waals surface area contributed by atoms with Crippen LogP contribution in [0.2, 0.25) is 0 Å². The second kappa shape index (κ2) is 9.31. The van der Waals surface area contributed by atoms with Gasteiger partial charge in [-0.2, -0.15) is 0 Å². The van der Waals surface area contributed by atoms with E-state index in [9.17, 15) is 14.4 Å². The van der Waals surface area contributed by atoms with E-state index in [0.717, 1.165) is 23.5 Å². The van der Waals surface area contributed by atoms with E-state index >= 15 is 0 Å². The van der Waals surface area contributed by atoms with Gasteiger partial charge in [0.05, 0.1) is 19.4 Å². The molecule has 1 fully saturated rings.